The van der Waals surface area contributed by atoms with Crippen molar-refractivity contribution in [2.75, 3.05) is 5.32 Å². The molecule has 3 rings (SSSR count). The van der Waals surface area contributed by atoms with E-state index in [1.165, 1.54) is 22.9 Å². The molecule has 3 aromatic rings. The van der Waals surface area contributed by atoms with E-state index >= 15 is 0 Å². The van der Waals surface area contributed by atoms with Crippen LogP contribution in [0.2, 0.25) is 0 Å². The van der Waals surface area contributed by atoms with E-state index < -0.39 is 23.1 Å². The molecule has 0 saturated carbocycles. The fourth-order valence-corrected chi connectivity index (χ4v) is 2.46. The Hall–Kier alpha value is -3.66. The lowest BCUT2D eigenvalue weighted by Gasteiger charge is -2.05. The summed E-state index contributed by atoms with van der Waals surface area (Å²) in [6, 6.07) is 14.2. The van der Waals surface area contributed by atoms with Crippen LogP contribution < -0.4 is 5.32 Å². The number of carbonyl (C=O) groups excluding carboxylic acids is 1. The second-order valence-corrected chi connectivity index (χ2v) is 5.29. The number of aryl methyl sites for hydroxylation is 1. The topological polar surface area (TPSA) is 90.9 Å². The van der Waals surface area contributed by atoms with Crippen molar-refractivity contribution in [2.45, 2.75) is 0 Å². The number of aliphatic hydroxyl groups is 1. The minimum absolute atomic E-state index is 0.0308. The molecule has 1 aromatic heterocycles. The number of hydrogen-bond donors (Lipinski definition) is 2. The summed E-state index contributed by atoms with van der Waals surface area (Å²) in [4.78, 5) is 12.3. The highest BCUT2D eigenvalue weighted by molar-refractivity contribution is 6.11. The van der Waals surface area contributed by atoms with Crippen LogP contribution in [0.5, 0.6) is 0 Å². The van der Waals surface area contributed by atoms with Crippen molar-refractivity contribution in [2.24, 2.45) is 7.05 Å². The summed E-state index contributed by atoms with van der Waals surface area (Å²) in [7, 11) is 1.62. The molecule has 0 radical (unpaired) electrons. The molecule has 0 aliphatic carbocycles. The predicted octanol–water partition coefficient (Wildman–Crippen LogP) is 3.14. The Morgan fingerprint density at radius 1 is 1.28 bits per heavy atom. The normalized spacial score (nSPS) is 11.7. The number of anilines is 1. The number of halogens is 1. The standard InChI is InChI=1S/C18H13FN4O2/c1-23-15-8-7-11(19)9-13(15)16(22-23)17(24)14(10-20)18(25)21-12-5-3-2-4-6-12/h2-9,24H,1H3,(H,21,25)/b17-14-. The fraction of sp³-hybridized carbons (Fsp3) is 0.0556. The second-order valence-electron chi connectivity index (χ2n) is 5.29. The number of aliphatic hydroxyl groups excluding tert-OH is 1. The minimum atomic E-state index is -0.776. The van der Waals surface area contributed by atoms with Gasteiger partial charge in [-0.05, 0) is 30.3 Å². The maximum atomic E-state index is 13.5. The SMILES string of the molecule is Cn1nc(/C(O)=C(\C#N)C(=O)Nc2ccccc2)c2cc(F)ccc21. The van der Waals surface area contributed by atoms with Crippen molar-refractivity contribution in [1.29, 1.82) is 5.26 Å². The largest absolute Gasteiger partial charge is 0.504 e. The van der Waals surface area contributed by atoms with Gasteiger partial charge in [0.25, 0.3) is 5.91 Å². The van der Waals surface area contributed by atoms with Crippen LogP contribution in [0.3, 0.4) is 0 Å². The van der Waals surface area contributed by atoms with E-state index in [9.17, 15) is 19.6 Å². The van der Waals surface area contributed by atoms with Gasteiger partial charge in [0, 0.05) is 18.1 Å². The van der Waals surface area contributed by atoms with E-state index in [1.807, 2.05) is 0 Å². The number of nitrogens with one attached hydrogen (secondary N) is 1. The van der Waals surface area contributed by atoms with Crippen molar-refractivity contribution in [3.05, 3.63) is 65.6 Å². The summed E-state index contributed by atoms with van der Waals surface area (Å²) in [5.41, 5.74) is 0.499. The average Bonchev–Trinajstić information content (AvgIpc) is 2.92. The Morgan fingerprint density at radius 3 is 2.68 bits per heavy atom. The highest BCUT2D eigenvalue weighted by atomic mass is 19.1. The first-order chi connectivity index (χ1) is 12.0. The maximum Gasteiger partial charge on any atom is 0.270 e. The molecule has 7 heteroatoms. The third-order valence-corrected chi connectivity index (χ3v) is 3.64. The van der Waals surface area contributed by atoms with Gasteiger partial charge in [0.1, 0.15) is 17.6 Å². The zero-order valence-electron chi connectivity index (χ0n) is 13.2. The molecule has 6 nitrogen and oxygen atoms in total. The van der Waals surface area contributed by atoms with Gasteiger partial charge in [0.2, 0.25) is 0 Å². The third-order valence-electron chi connectivity index (χ3n) is 3.64. The van der Waals surface area contributed by atoms with Gasteiger partial charge in [0.15, 0.2) is 11.3 Å². The molecule has 0 atom stereocenters. The molecule has 2 N–H and O–H groups in total. The number of para-hydroxylation sites is 1. The summed E-state index contributed by atoms with van der Waals surface area (Å²) in [6.07, 6.45) is 0. The number of hydrogen-bond acceptors (Lipinski definition) is 4. The Balaban J connectivity index is 2.07. The highest BCUT2D eigenvalue weighted by Crippen LogP contribution is 2.26. The molecule has 0 fully saturated rings. The first-order valence-corrected chi connectivity index (χ1v) is 7.33. The molecule has 0 spiro atoms. The van der Waals surface area contributed by atoms with Crippen molar-refractivity contribution in [3.8, 4) is 6.07 Å². The van der Waals surface area contributed by atoms with Crippen LogP contribution in [0.25, 0.3) is 16.7 Å². The molecule has 0 aliphatic rings. The number of benzene rings is 2. The van der Waals surface area contributed by atoms with E-state index in [2.05, 4.69) is 10.4 Å². The number of carbonyl (C=O) groups is 1. The highest BCUT2D eigenvalue weighted by Gasteiger charge is 2.21. The van der Waals surface area contributed by atoms with Gasteiger partial charge in [0.05, 0.1) is 5.52 Å². The summed E-state index contributed by atoms with van der Waals surface area (Å²) in [5, 5.41) is 26.7. The summed E-state index contributed by atoms with van der Waals surface area (Å²) < 4.78 is 15.0. The van der Waals surface area contributed by atoms with Gasteiger partial charge in [-0.3, -0.25) is 9.48 Å². The fourth-order valence-electron chi connectivity index (χ4n) is 2.46. The van der Waals surface area contributed by atoms with Crippen LogP contribution in [0, 0.1) is 17.1 Å². The smallest absolute Gasteiger partial charge is 0.270 e. The Kier molecular flexibility index (Phi) is 4.18. The van der Waals surface area contributed by atoms with Gasteiger partial charge in [-0.1, -0.05) is 18.2 Å². The summed E-state index contributed by atoms with van der Waals surface area (Å²) in [6.45, 7) is 0. The molecule has 1 amide bonds. The van der Waals surface area contributed by atoms with Gasteiger partial charge >= 0.3 is 0 Å². The van der Waals surface area contributed by atoms with Crippen molar-refractivity contribution in [3.63, 3.8) is 0 Å². The lowest BCUT2D eigenvalue weighted by molar-refractivity contribution is -0.112. The van der Waals surface area contributed by atoms with Gasteiger partial charge in [-0.25, -0.2) is 4.39 Å². The van der Waals surface area contributed by atoms with Crippen LogP contribution in [-0.2, 0) is 11.8 Å². The van der Waals surface area contributed by atoms with Crippen molar-refractivity contribution < 1.29 is 14.3 Å². The minimum Gasteiger partial charge on any atom is -0.504 e. The van der Waals surface area contributed by atoms with E-state index in [-0.39, 0.29) is 5.69 Å². The number of rotatable bonds is 3. The molecular weight excluding hydrogens is 323 g/mol. The molecular formula is C18H13FN4O2. The first kappa shape index (κ1) is 16.2. The van der Waals surface area contributed by atoms with Crippen LogP contribution in [0.1, 0.15) is 5.69 Å². The Labute approximate surface area is 142 Å². The number of fused-ring (bicyclic) bond motifs is 1. The zero-order valence-corrected chi connectivity index (χ0v) is 13.2. The molecule has 1 heterocycles. The summed E-state index contributed by atoms with van der Waals surface area (Å²) in [5.74, 6) is -1.89. The van der Waals surface area contributed by atoms with Crippen LogP contribution in [0.15, 0.2) is 54.1 Å². The average molecular weight is 336 g/mol. The lowest BCUT2D eigenvalue weighted by Crippen LogP contribution is -2.15. The van der Waals surface area contributed by atoms with Crippen molar-refractivity contribution in [1.82, 2.24) is 9.78 Å². The summed E-state index contributed by atoms with van der Waals surface area (Å²) >= 11 is 0. The van der Waals surface area contributed by atoms with Gasteiger partial charge in [-0.15, -0.1) is 0 Å². The molecule has 25 heavy (non-hydrogen) atoms. The molecule has 0 bridgehead atoms. The van der Waals surface area contributed by atoms with E-state index in [0.29, 0.717) is 16.6 Å². The Bertz CT molecular complexity index is 1030. The number of amides is 1. The molecule has 0 unspecified atom stereocenters. The van der Waals surface area contributed by atoms with Gasteiger partial charge < -0.3 is 10.4 Å². The van der Waals surface area contributed by atoms with Crippen LogP contribution >= 0.6 is 0 Å². The van der Waals surface area contributed by atoms with Crippen LogP contribution in [0.4, 0.5) is 10.1 Å². The van der Waals surface area contributed by atoms with E-state index in [1.54, 1.807) is 43.4 Å². The third kappa shape index (κ3) is 3.05. The molecule has 0 saturated heterocycles. The lowest BCUT2D eigenvalue weighted by atomic mass is 10.1. The van der Waals surface area contributed by atoms with E-state index in [4.69, 9.17) is 0 Å². The number of nitrogens with zero attached hydrogens (tertiary/aromatic N) is 3. The number of nitriles is 1. The van der Waals surface area contributed by atoms with Crippen molar-refractivity contribution >= 4 is 28.3 Å². The van der Waals surface area contributed by atoms with Crippen LogP contribution in [-0.4, -0.2) is 20.8 Å². The second kappa shape index (κ2) is 6.45. The first-order valence-electron chi connectivity index (χ1n) is 7.33. The quantitative estimate of drug-likeness (QED) is 0.437. The molecule has 0 aliphatic heterocycles. The van der Waals surface area contributed by atoms with Gasteiger partial charge in [-0.2, -0.15) is 10.4 Å². The zero-order chi connectivity index (χ0) is 18.0. The monoisotopic (exact) mass is 336 g/mol. The molecule has 124 valence electrons. The maximum absolute atomic E-state index is 13.5. The Morgan fingerprint density at radius 2 is 2.00 bits per heavy atom. The number of aromatic nitrogens is 2. The van der Waals surface area contributed by atoms with E-state index in [0.717, 1.165) is 0 Å². The predicted molar refractivity (Wildman–Crippen MR) is 90.9 cm³/mol. The molecule has 2 aromatic carbocycles.